The number of amides is 1. The highest BCUT2D eigenvalue weighted by Crippen LogP contribution is 2.39. The zero-order chi connectivity index (χ0) is 14.0. The molecule has 0 spiro atoms. The molecular weight excluding hydrogens is 242 g/mol. The van der Waals surface area contributed by atoms with Crippen LogP contribution in [0.1, 0.15) is 52.9 Å². The van der Waals surface area contributed by atoms with Gasteiger partial charge in [-0.2, -0.15) is 0 Å². The fraction of sp³-hybridized carbons (Fsp3) is 0.867. The van der Waals surface area contributed by atoms with Crippen LogP contribution in [0.4, 0.5) is 0 Å². The Hall–Kier alpha value is -1.06. The van der Waals surface area contributed by atoms with E-state index in [0.29, 0.717) is 18.9 Å². The maximum absolute atomic E-state index is 11.9. The topological polar surface area (TPSA) is 46.6 Å². The molecule has 4 heteroatoms. The van der Waals surface area contributed by atoms with Gasteiger partial charge in [-0.15, -0.1) is 0 Å². The van der Waals surface area contributed by atoms with E-state index in [2.05, 4.69) is 20.8 Å². The molecule has 2 fully saturated rings. The van der Waals surface area contributed by atoms with Crippen LogP contribution < -0.4 is 0 Å². The zero-order valence-corrected chi connectivity index (χ0v) is 12.3. The summed E-state index contributed by atoms with van der Waals surface area (Å²) in [7, 11) is 0. The quantitative estimate of drug-likeness (QED) is 0.737. The van der Waals surface area contributed by atoms with Crippen LogP contribution in [0.2, 0.25) is 0 Å². The molecule has 19 heavy (non-hydrogen) atoms. The third-order valence-electron chi connectivity index (χ3n) is 4.14. The van der Waals surface area contributed by atoms with Crippen molar-refractivity contribution in [3.05, 3.63) is 0 Å². The van der Waals surface area contributed by atoms with Crippen molar-refractivity contribution < 1.29 is 14.3 Å². The number of ether oxygens (including phenoxy) is 1. The molecule has 0 aromatic carbocycles. The standard InChI is InChI=1S/C15H25NO3/c1-11-7-12(9-15(2,3)8-11)19-14(18)10-16-6-4-5-13(16)17/h11-12H,4-10H2,1-3H3. The summed E-state index contributed by atoms with van der Waals surface area (Å²) < 4.78 is 5.57. The number of nitrogens with zero attached hydrogens (tertiary/aromatic N) is 1. The molecule has 1 heterocycles. The number of carbonyl (C=O) groups excluding carboxylic acids is 2. The molecule has 2 unspecified atom stereocenters. The average Bonchev–Trinajstić information content (AvgIpc) is 2.60. The van der Waals surface area contributed by atoms with E-state index >= 15 is 0 Å². The fourth-order valence-electron chi connectivity index (χ4n) is 3.60. The van der Waals surface area contributed by atoms with E-state index in [9.17, 15) is 9.59 Å². The van der Waals surface area contributed by atoms with Crippen LogP contribution in [0.15, 0.2) is 0 Å². The fourth-order valence-corrected chi connectivity index (χ4v) is 3.60. The first-order valence-electron chi connectivity index (χ1n) is 7.33. The Morgan fingerprint density at radius 2 is 2.16 bits per heavy atom. The molecule has 2 rings (SSSR count). The summed E-state index contributed by atoms with van der Waals surface area (Å²) in [6.45, 7) is 7.50. The van der Waals surface area contributed by atoms with Gasteiger partial charge in [-0.3, -0.25) is 9.59 Å². The lowest BCUT2D eigenvalue weighted by atomic mass is 9.71. The zero-order valence-electron chi connectivity index (χ0n) is 12.3. The molecule has 1 aliphatic carbocycles. The summed E-state index contributed by atoms with van der Waals surface area (Å²) in [4.78, 5) is 25.0. The predicted octanol–water partition coefficient (Wildman–Crippen LogP) is 2.37. The van der Waals surface area contributed by atoms with Crippen LogP contribution in [-0.2, 0) is 14.3 Å². The second-order valence-electron chi connectivity index (χ2n) is 6.94. The Kier molecular flexibility index (Phi) is 4.16. The highest BCUT2D eigenvalue weighted by atomic mass is 16.5. The largest absolute Gasteiger partial charge is 0.461 e. The molecule has 1 amide bonds. The first-order chi connectivity index (χ1) is 8.85. The summed E-state index contributed by atoms with van der Waals surface area (Å²) in [5.41, 5.74) is 0.242. The van der Waals surface area contributed by atoms with Crippen molar-refractivity contribution in [3.8, 4) is 0 Å². The summed E-state index contributed by atoms with van der Waals surface area (Å²) in [5.74, 6) is 0.425. The average molecular weight is 267 g/mol. The molecule has 0 aromatic heterocycles. The third-order valence-corrected chi connectivity index (χ3v) is 4.14. The lowest BCUT2D eigenvalue weighted by molar-refractivity contribution is -0.156. The monoisotopic (exact) mass is 267 g/mol. The van der Waals surface area contributed by atoms with Crippen molar-refractivity contribution >= 4 is 11.9 Å². The number of esters is 1. The van der Waals surface area contributed by atoms with Crippen LogP contribution in [0.25, 0.3) is 0 Å². The second-order valence-corrected chi connectivity index (χ2v) is 6.94. The molecule has 4 nitrogen and oxygen atoms in total. The number of hydrogen-bond acceptors (Lipinski definition) is 3. The highest BCUT2D eigenvalue weighted by Gasteiger charge is 2.34. The van der Waals surface area contributed by atoms with E-state index in [0.717, 1.165) is 19.3 Å². The van der Waals surface area contributed by atoms with Gasteiger partial charge in [0.15, 0.2) is 0 Å². The smallest absolute Gasteiger partial charge is 0.325 e. The van der Waals surface area contributed by atoms with Gasteiger partial charge in [0, 0.05) is 13.0 Å². The molecule has 108 valence electrons. The summed E-state index contributed by atoms with van der Waals surface area (Å²) >= 11 is 0. The molecule has 1 aliphatic heterocycles. The van der Waals surface area contributed by atoms with Gasteiger partial charge in [0.05, 0.1) is 0 Å². The normalized spacial score (nSPS) is 30.5. The van der Waals surface area contributed by atoms with E-state index in [-0.39, 0.29) is 29.9 Å². The van der Waals surface area contributed by atoms with Crippen molar-refractivity contribution in [1.29, 1.82) is 0 Å². The minimum absolute atomic E-state index is 0.0176. The van der Waals surface area contributed by atoms with Crippen LogP contribution in [0.3, 0.4) is 0 Å². The van der Waals surface area contributed by atoms with Gasteiger partial charge >= 0.3 is 5.97 Å². The van der Waals surface area contributed by atoms with Crippen LogP contribution >= 0.6 is 0 Å². The second kappa shape index (κ2) is 5.51. The van der Waals surface area contributed by atoms with Crippen molar-refractivity contribution in [1.82, 2.24) is 4.90 Å². The van der Waals surface area contributed by atoms with Crippen molar-refractivity contribution in [2.24, 2.45) is 11.3 Å². The Labute approximate surface area is 115 Å². The molecule has 1 saturated carbocycles. The maximum atomic E-state index is 11.9. The van der Waals surface area contributed by atoms with Gasteiger partial charge in [-0.1, -0.05) is 20.8 Å². The van der Waals surface area contributed by atoms with Gasteiger partial charge in [0.1, 0.15) is 12.6 Å². The van der Waals surface area contributed by atoms with E-state index in [4.69, 9.17) is 4.74 Å². The molecular formula is C15H25NO3. The first-order valence-corrected chi connectivity index (χ1v) is 7.33. The first kappa shape index (κ1) is 14.4. The SMILES string of the molecule is CC1CC(OC(=O)CN2CCCC2=O)CC(C)(C)C1. The molecule has 0 aromatic rings. The number of rotatable bonds is 3. The lowest BCUT2D eigenvalue weighted by Crippen LogP contribution is -2.37. The molecule has 2 atom stereocenters. The van der Waals surface area contributed by atoms with Gasteiger partial charge in [-0.25, -0.2) is 0 Å². The maximum Gasteiger partial charge on any atom is 0.325 e. The minimum atomic E-state index is -0.245. The van der Waals surface area contributed by atoms with E-state index in [1.165, 1.54) is 6.42 Å². The van der Waals surface area contributed by atoms with Crippen molar-refractivity contribution in [3.63, 3.8) is 0 Å². The molecule has 0 N–H and O–H groups in total. The number of likely N-dealkylation sites (tertiary alicyclic amines) is 1. The summed E-state index contributed by atoms with van der Waals surface area (Å²) in [6.07, 6.45) is 4.51. The predicted molar refractivity (Wildman–Crippen MR) is 72.5 cm³/mol. The summed E-state index contributed by atoms with van der Waals surface area (Å²) in [6, 6.07) is 0. The molecule has 2 aliphatic rings. The Balaban J connectivity index is 1.83. The molecule has 0 bridgehead atoms. The molecule has 0 radical (unpaired) electrons. The van der Waals surface area contributed by atoms with E-state index in [1.54, 1.807) is 4.90 Å². The van der Waals surface area contributed by atoms with E-state index in [1.807, 2.05) is 0 Å². The van der Waals surface area contributed by atoms with E-state index < -0.39 is 0 Å². The third kappa shape index (κ3) is 3.95. The van der Waals surface area contributed by atoms with Crippen LogP contribution in [0.5, 0.6) is 0 Å². The van der Waals surface area contributed by atoms with Crippen LogP contribution in [0, 0.1) is 11.3 Å². The Bertz CT molecular complexity index is 364. The lowest BCUT2D eigenvalue weighted by Gasteiger charge is -2.38. The molecule has 1 saturated heterocycles. The minimum Gasteiger partial charge on any atom is -0.461 e. The Morgan fingerprint density at radius 3 is 2.74 bits per heavy atom. The van der Waals surface area contributed by atoms with Crippen molar-refractivity contribution in [2.75, 3.05) is 13.1 Å². The number of carbonyl (C=O) groups is 2. The van der Waals surface area contributed by atoms with Gasteiger partial charge in [0.2, 0.25) is 5.91 Å². The van der Waals surface area contributed by atoms with Gasteiger partial charge in [0.25, 0.3) is 0 Å². The number of hydrogen-bond donors (Lipinski definition) is 0. The van der Waals surface area contributed by atoms with Gasteiger partial charge < -0.3 is 9.64 Å². The van der Waals surface area contributed by atoms with Crippen molar-refractivity contribution in [2.45, 2.75) is 59.0 Å². The highest BCUT2D eigenvalue weighted by molar-refractivity contribution is 5.83. The Morgan fingerprint density at radius 1 is 1.42 bits per heavy atom. The van der Waals surface area contributed by atoms with Gasteiger partial charge in [-0.05, 0) is 37.0 Å². The van der Waals surface area contributed by atoms with Crippen LogP contribution in [-0.4, -0.2) is 36.0 Å². The summed E-state index contributed by atoms with van der Waals surface area (Å²) in [5, 5.41) is 0.